The van der Waals surface area contributed by atoms with Crippen LogP contribution in [0.4, 0.5) is 0 Å². The van der Waals surface area contributed by atoms with Gasteiger partial charge in [0.2, 0.25) is 0 Å². The first-order valence-electron chi connectivity index (χ1n) is 9.95. The SMILES string of the molecule is O=C(c1ccoc1)N1CCN(C(=O)c2ccc3[nH]c4c(c3c2)CCCC4)CC1. The smallest absolute Gasteiger partial charge is 0.257 e. The molecule has 1 saturated heterocycles. The lowest BCUT2D eigenvalue weighted by molar-refractivity contribution is 0.0535. The molecule has 5 rings (SSSR count). The van der Waals surface area contributed by atoms with Gasteiger partial charge in [-0.05, 0) is 55.5 Å². The zero-order valence-electron chi connectivity index (χ0n) is 15.7. The molecule has 2 amide bonds. The number of H-pyrrole nitrogens is 1. The summed E-state index contributed by atoms with van der Waals surface area (Å²) in [5.41, 5.74) is 5.12. The van der Waals surface area contributed by atoms with Crippen molar-refractivity contribution in [2.24, 2.45) is 0 Å². The number of carbonyl (C=O) groups excluding carboxylic acids is 2. The van der Waals surface area contributed by atoms with Crippen molar-refractivity contribution < 1.29 is 14.0 Å². The highest BCUT2D eigenvalue weighted by Crippen LogP contribution is 2.30. The maximum Gasteiger partial charge on any atom is 0.257 e. The maximum absolute atomic E-state index is 13.0. The molecule has 1 aliphatic heterocycles. The van der Waals surface area contributed by atoms with Crippen LogP contribution in [0.1, 0.15) is 44.8 Å². The summed E-state index contributed by atoms with van der Waals surface area (Å²) in [6.45, 7) is 2.17. The molecule has 0 bridgehead atoms. The van der Waals surface area contributed by atoms with Gasteiger partial charge in [0, 0.05) is 48.3 Å². The molecule has 2 aliphatic rings. The van der Waals surface area contributed by atoms with E-state index in [2.05, 4.69) is 4.98 Å². The van der Waals surface area contributed by atoms with Crippen molar-refractivity contribution >= 4 is 22.7 Å². The standard InChI is InChI=1S/C22H23N3O3/c26-21(24-8-10-25(11-9-24)22(27)16-7-12-28-14-16)15-5-6-20-18(13-15)17-3-1-2-4-19(17)23-20/h5-7,12-14,23H,1-4,8-11H2. The van der Waals surface area contributed by atoms with Crippen LogP contribution in [0, 0.1) is 0 Å². The molecule has 6 nitrogen and oxygen atoms in total. The van der Waals surface area contributed by atoms with Gasteiger partial charge in [-0.25, -0.2) is 0 Å². The van der Waals surface area contributed by atoms with Crippen molar-refractivity contribution in [1.82, 2.24) is 14.8 Å². The summed E-state index contributed by atoms with van der Waals surface area (Å²) < 4.78 is 5.00. The Balaban J connectivity index is 1.31. The Bertz CT molecular complexity index is 1030. The van der Waals surface area contributed by atoms with Gasteiger partial charge in [-0.15, -0.1) is 0 Å². The third-order valence-corrected chi connectivity index (χ3v) is 5.97. The number of nitrogens with one attached hydrogen (secondary N) is 1. The van der Waals surface area contributed by atoms with Gasteiger partial charge in [-0.2, -0.15) is 0 Å². The molecule has 1 fully saturated rings. The first kappa shape index (κ1) is 17.1. The lowest BCUT2D eigenvalue weighted by atomic mass is 9.95. The zero-order chi connectivity index (χ0) is 19.1. The van der Waals surface area contributed by atoms with E-state index in [1.54, 1.807) is 11.0 Å². The number of furan rings is 1. The fraction of sp³-hybridized carbons (Fsp3) is 0.364. The fourth-order valence-electron chi connectivity index (χ4n) is 4.40. The van der Waals surface area contributed by atoms with Crippen LogP contribution in [0.25, 0.3) is 10.9 Å². The number of aryl methyl sites for hydroxylation is 2. The molecule has 28 heavy (non-hydrogen) atoms. The molecule has 0 saturated carbocycles. The highest BCUT2D eigenvalue weighted by molar-refractivity contribution is 5.99. The van der Waals surface area contributed by atoms with E-state index in [0.29, 0.717) is 31.7 Å². The first-order chi connectivity index (χ1) is 13.7. The molecule has 0 spiro atoms. The molecule has 0 atom stereocenters. The van der Waals surface area contributed by atoms with Crippen LogP contribution in [-0.2, 0) is 12.8 Å². The third kappa shape index (κ3) is 2.89. The molecule has 0 radical (unpaired) electrons. The monoisotopic (exact) mass is 377 g/mol. The first-order valence-corrected chi connectivity index (χ1v) is 9.95. The molecule has 3 heterocycles. The summed E-state index contributed by atoms with van der Waals surface area (Å²) in [6.07, 6.45) is 7.59. The van der Waals surface area contributed by atoms with Gasteiger partial charge < -0.3 is 19.2 Å². The second-order valence-electron chi connectivity index (χ2n) is 7.65. The zero-order valence-corrected chi connectivity index (χ0v) is 15.7. The van der Waals surface area contributed by atoms with Crippen LogP contribution in [0.2, 0.25) is 0 Å². The molecule has 1 aliphatic carbocycles. The van der Waals surface area contributed by atoms with E-state index in [9.17, 15) is 9.59 Å². The highest BCUT2D eigenvalue weighted by atomic mass is 16.3. The van der Waals surface area contributed by atoms with Gasteiger partial charge in [-0.1, -0.05) is 0 Å². The molecular formula is C22H23N3O3. The minimum absolute atomic E-state index is 0.0405. The Morgan fingerprint density at radius 3 is 2.32 bits per heavy atom. The Morgan fingerprint density at radius 2 is 1.61 bits per heavy atom. The van der Waals surface area contributed by atoms with Gasteiger partial charge in [-0.3, -0.25) is 9.59 Å². The van der Waals surface area contributed by atoms with Crippen LogP contribution in [0.5, 0.6) is 0 Å². The number of amides is 2. The Kier molecular flexibility index (Phi) is 4.19. The van der Waals surface area contributed by atoms with E-state index in [-0.39, 0.29) is 11.8 Å². The normalized spacial score (nSPS) is 17.0. The Labute approximate surface area is 163 Å². The van der Waals surface area contributed by atoms with E-state index in [1.807, 2.05) is 23.1 Å². The van der Waals surface area contributed by atoms with E-state index in [0.717, 1.165) is 23.9 Å². The lowest BCUT2D eigenvalue weighted by Crippen LogP contribution is -2.50. The average Bonchev–Trinajstić information content (AvgIpc) is 3.40. The van der Waals surface area contributed by atoms with Crippen LogP contribution >= 0.6 is 0 Å². The predicted octanol–water partition coefficient (Wildman–Crippen LogP) is 3.24. The van der Waals surface area contributed by atoms with Crippen LogP contribution in [0.15, 0.2) is 41.2 Å². The molecule has 6 heteroatoms. The number of aromatic nitrogens is 1. The molecule has 0 unspecified atom stereocenters. The fourth-order valence-corrected chi connectivity index (χ4v) is 4.40. The van der Waals surface area contributed by atoms with Crippen molar-refractivity contribution in [2.75, 3.05) is 26.2 Å². The number of nitrogens with zero attached hydrogens (tertiary/aromatic N) is 2. The minimum Gasteiger partial charge on any atom is -0.472 e. The van der Waals surface area contributed by atoms with E-state index >= 15 is 0 Å². The number of rotatable bonds is 2. The number of fused-ring (bicyclic) bond motifs is 3. The van der Waals surface area contributed by atoms with Gasteiger partial charge >= 0.3 is 0 Å². The van der Waals surface area contributed by atoms with Crippen LogP contribution in [-0.4, -0.2) is 52.8 Å². The van der Waals surface area contributed by atoms with Gasteiger partial charge in [0.25, 0.3) is 11.8 Å². The second-order valence-corrected chi connectivity index (χ2v) is 7.65. The van der Waals surface area contributed by atoms with E-state index in [4.69, 9.17) is 4.42 Å². The van der Waals surface area contributed by atoms with Crippen molar-refractivity contribution in [3.8, 4) is 0 Å². The molecule has 2 aromatic heterocycles. The second kappa shape index (κ2) is 6.86. The molecule has 1 aromatic carbocycles. The highest BCUT2D eigenvalue weighted by Gasteiger charge is 2.26. The predicted molar refractivity (Wildman–Crippen MR) is 105 cm³/mol. The summed E-state index contributed by atoms with van der Waals surface area (Å²) in [5.74, 6) is 0.00397. The molecule has 144 valence electrons. The number of hydrogen-bond acceptors (Lipinski definition) is 3. The number of aromatic amines is 1. The largest absolute Gasteiger partial charge is 0.472 e. The number of carbonyl (C=O) groups is 2. The molecule has 1 N–H and O–H groups in total. The van der Waals surface area contributed by atoms with Crippen LogP contribution in [0.3, 0.4) is 0 Å². The molecular weight excluding hydrogens is 354 g/mol. The maximum atomic E-state index is 13.0. The van der Waals surface area contributed by atoms with Crippen molar-refractivity contribution in [2.45, 2.75) is 25.7 Å². The van der Waals surface area contributed by atoms with Crippen molar-refractivity contribution in [3.05, 3.63) is 59.2 Å². The van der Waals surface area contributed by atoms with E-state index in [1.165, 1.54) is 42.0 Å². The molecule has 3 aromatic rings. The average molecular weight is 377 g/mol. The minimum atomic E-state index is -0.0405. The summed E-state index contributed by atoms with van der Waals surface area (Å²) in [5, 5.41) is 1.19. The quantitative estimate of drug-likeness (QED) is 0.745. The third-order valence-electron chi connectivity index (χ3n) is 5.97. The summed E-state index contributed by atoms with van der Waals surface area (Å²) in [7, 11) is 0. The number of piperazine rings is 1. The van der Waals surface area contributed by atoms with Gasteiger partial charge in [0.05, 0.1) is 11.8 Å². The van der Waals surface area contributed by atoms with Crippen molar-refractivity contribution in [3.63, 3.8) is 0 Å². The number of hydrogen-bond donors (Lipinski definition) is 1. The summed E-state index contributed by atoms with van der Waals surface area (Å²) >= 11 is 0. The van der Waals surface area contributed by atoms with Crippen LogP contribution < -0.4 is 0 Å². The van der Waals surface area contributed by atoms with Gasteiger partial charge in [0.15, 0.2) is 0 Å². The number of benzene rings is 1. The Hall–Kier alpha value is -3.02. The topological polar surface area (TPSA) is 69.6 Å². The lowest BCUT2D eigenvalue weighted by Gasteiger charge is -2.34. The summed E-state index contributed by atoms with van der Waals surface area (Å²) in [6, 6.07) is 7.66. The van der Waals surface area contributed by atoms with Crippen molar-refractivity contribution in [1.29, 1.82) is 0 Å². The van der Waals surface area contributed by atoms with E-state index < -0.39 is 0 Å². The Morgan fingerprint density at radius 1 is 0.893 bits per heavy atom. The van der Waals surface area contributed by atoms with Gasteiger partial charge in [0.1, 0.15) is 6.26 Å². The summed E-state index contributed by atoms with van der Waals surface area (Å²) in [4.78, 5) is 32.6.